The number of anilines is 1. The predicted molar refractivity (Wildman–Crippen MR) is 76.7 cm³/mol. The Kier molecular flexibility index (Phi) is 4.10. The van der Waals surface area contributed by atoms with Gasteiger partial charge in [-0.25, -0.2) is 0 Å². The fraction of sp³-hybridized carbons (Fsp3) is 0.133. The van der Waals surface area contributed by atoms with Crippen LogP contribution in [-0.4, -0.2) is 13.0 Å². The summed E-state index contributed by atoms with van der Waals surface area (Å²) in [4.78, 5) is 11.1. The van der Waals surface area contributed by atoms with Crippen molar-refractivity contribution in [2.75, 3.05) is 12.8 Å². The van der Waals surface area contributed by atoms with E-state index in [1.807, 2.05) is 6.07 Å². The van der Waals surface area contributed by atoms with Crippen molar-refractivity contribution in [3.05, 3.63) is 53.6 Å². The number of nitrogen functional groups attached to an aromatic ring is 1. The van der Waals surface area contributed by atoms with Gasteiger partial charge in [-0.2, -0.15) is 0 Å². The summed E-state index contributed by atoms with van der Waals surface area (Å²) >= 11 is 0. The molecule has 0 unspecified atom stereocenters. The highest BCUT2D eigenvalue weighted by Crippen LogP contribution is 2.27. The second-order valence-electron chi connectivity index (χ2n) is 4.26. The van der Waals surface area contributed by atoms with Crippen molar-refractivity contribution in [3.8, 4) is 11.5 Å². The Morgan fingerprint density at radius 3 is 2.70 bits per heavy atom. The molecule has 0 atom stereocenters. The first-order valence-corrected chi connectivity index (χ1v) is 6.05. The standard InChI is InChI=1S/C15H16N2O3/c1-19-12-5-6-13(16)14(8-12)20-9-10-3-2-4-11(7-10)15(17)18/h2-8H,9,16H2,1H3,(H2,17,18). The molecule has 5 nitrogen and oxygen atoms in total. The van der Waals surface area contributed by atoms with Gasteiger partial charge in [-0.05, 0) is 29.8 Å². The topological polar surface area (TPSA) is 87.6 Å². The Morgan fingerprint density at radius 1 is 1.20 bits per heavy atom. The second kappa shape index (κ2) is 5.97. The van der Waals surface area contributed by atoms with Crippen LogP contribution in [-0.2, 0) is 6.61 Å². The van der Waals surface area contributed by atoms with Crippen LogP contribution in [0.2, 0.25) is 0 Å². The molecule has 0 bridgehead atoms. The molecule has 0 aliphatic carbocycles. The van der Waals surface area contributed by atoms with Crippen molar-refractivity contribution < 1.29 is 14.3 Å². The SMILES string of the molecule is COc1ccc(N)c(OCc2cccc(C(N)=O)c2)c1. The number of benzene rings is 2. The van der Waals surface area contributed by atoms with Crippen LogP contribution >= 0.6 is 0 Å². The van der Waals surface area contributed by atoms with Gasteiger partial charge >= 0.3 is 0 Å². The fourth-order valence-corrected chi connectivity index (χ4v) is 1.74. The van der Waals surface area contributed by atoms with E-state index in [9.17, 15) is 4.79 Å². The van der Waals surface area contributed by atoms with Gasteiger partial charge < -0.3 is 20.9 Å². The lowest BCUT2D eigenvalue weighted by molar-refractivity contribution is 0.1000. The maximum Gasteiger partial charge on any atom is 0.248 e. The van der Waals surface area contributed by atoms with Crippen molar-refractivity contribution in [2.45, 2.75) is 6.61 Å². The summed E-state index contributed by atoms with van der Waals surface area (Å²) in [5.74, 6) is 0.738. The predicted octanol–water partition coefficient (Wildman–Crippen LogP) is 1.96. The molecule has 20 heavy (non-hydrogen) atoms. The average molecular weight is 272 g/mol. The number of amides is 1. The minimum absolute atomic E-state index is 0.290. The van der Waals surface area contributed by atoms with Crippen molar-refractivity contribution in [1.29, 1.82) is 0 Å². The zero-order valence-electron chi connectivity index (χ0n) is 11.1. The van der Waals surface area contributed by atoms with E-state index in [0.29, 0.717) is 29.4 Å². The van der Waals surface area contributed by atoms with Gasteiger partial charge in [0.2, 0.25) is 5.91 Å². The number of ether oxygens (including phenoxy) is 2. The first-order chi connectivity index (χ1) is 9.60. The van der Waals surface area contributed by atoms with Gasteiger partial charge in [0.15, 0.2) is 0 Å². The van der Waals surface area contributed by atoms with Gasteiger partial charge in [0, 0.05) is 11.6 Å². The first kappa shape index (κ1) is 13.7. The number of primary amides is 1. The molecule has 0 radical (unpaired) electrons. The normalized spacial score (nSPS) is 10.1. The molecule has 0 spiro atoms. The van der Waals surface area contributed by atoms with Gasteiger partial charge in [0.25, 0.3) is 0 Å². The summed E-state index contributed by atoms with van der Waals surface area (Å²) in [7, 11) is 1.58. The van der Waals surface area contributed by atoms with Crippen molar-refractivity contribution in [1.82, 2.24) is 0 Å². The van der Waals surface area contributed by atoms with Crippen LogP contribution in [0.15, 0.2) is 42.5 Å². The third kappa shape index (κ3) is 3.20. The molecule has 2 rings (SSSR count). The molecule has 2 aromatic carbocycles. The van der Waals surface area contributed by atoms with Crippen molar-refractivity contribution >= 4 is 11.6 Å². The molecule has 104 valence electrons. The molecule has 0 saturated heterocycles. The van der Waals surface area contributed by atoms with E-state index in [-0.39, 0.29) is 0 Å². The van der Waals surface area contributed by atoms with Crippen LogP contribution in [0.25, 0.3) is 0 Å². The molecule has 2 aromatic rings. The molecular formula is C15H16N2O3. The summed E-state index contributed by atoms with van der Waals surface area (Å²) in [6.45, 7) is 0.290. The summed E-state index contributed by atoms with van der Waals surface area (Å²) in [6.07, 6.45) is 0. The van der Waals surface area contributed by atoms with Crippen LogP contribution in [0.4, 0.5) is 5.69 Å². The highest BCUT2D eigenvalue weighted by atomic mass is 16.5. The third-order valence-corrected chi connectivity index (χ3v) is 2.83. The van der Waals surface area contributed by atoms with Gasteiger partial charge in [0.05, 0.1) is 12.8 Å². The molecule has 0 aliphatic rings. The van der Waals surface area contributed by atoms with Crippen molar-refractivity contribution in [2.24, 2.45) is 5.73 Å². The number of nitrogens with two attached hydrogens (primary N) is 2. The van der Waals surface area contributed by atoms with Crippen LogP contribution in [0.3, 0.4) is 0 Å². The van der Waals surface area contributed by atoms with Crippen LogP contribution < -0.4 is 20.9 Å². The molecule has 0 aromatic heterocycles. The molecule has 0 heterocycles. The molecule has 0 fully saturated rings. The van der Waals surface area contributed by atoms with E-state index >= 15 is 0 Å². The summed E-state index contributed by atoms with van der Waals surface area (Å²) in [6, 6.07) is 12.2. The van der Waals surface area contributed by atoms with E-state index in [4.69, 9.17) is 20.9 Å². The van der Waals surface area contributed by atoms with Crippen LogP contribution in [0.1, 0.15) is 15.9 Å². The highest BCUT2D eigenvalue weighted by Gasteiger charge is 2.05. The quantitative estimate of drug-likeness (QED) is 0.814. The summed E-state index contributed by atoms with van der Waals surface area (Å²) in [5.41, 5.74) is 12.9. The number of hydrogen-bond acceptors (Lipinski definition) is 4. The van der Waals surface area contributed by atoms with Gasteiger partial charge in [0.1, 0.15) is 18.1 Å². The molecule has 0 aliphatic heterocycles. The van der Waals surface area contributed by atoms with E-state index in [2.05, 4.69) is 0 Å². The zero-order chi connectivity index (χ0) is 14.5. The number of hydrogen-bond donors (Lipinski definition) is 2. The van der Waals surface area contributed by atoms with E-state index < -0.39 is 5.91 Å². The number of rotatable bonds is 5. The van der Waals surface area contributed by atoms with Crippen molar-refractivity contribution in [3.63, 3.8) is 0 Å². The molecule has 1 amide bonds. The Labute approximate surface area is 117 Å². The van der Waals surface area contributed by atoms with Gasteiger partial charge in [-0.15, -0.1) is 0 Å². The lowest BCUT2D eigenvalue weighted by Crippen LogP contribution is -2.11. The number of methoxy groups -OCH3 is 1. The van der Waals surface area contributed by atoms with E-state index in [0.717, 1.165) is 5.56 Å². The highest BCUT2D eigenvalue weighted by molar-refractivity contribution is 5.92. The minimum atomic E-state index is -0.465. The maximum atomic E-state index is 11.1. The lowest BCUT2D eigenvalue weighted by Gasteiger charge is -2.11. The average Bonchev–Trinajstić information content (AvgIpc) is 2.46. The van der Waals surface area contributed by atoms with E-state index in [1.165, 1.54) is 0 Å². The molecule has 4 N–H and O–H groups in total. The Bertz CT molecular complexity index is 626. The fourth-order valence-electron chi connectivity index (χ4n) is 1.74. The lowest BCUT2D eigenvalue weighted by atomic mass is 10.1. The first-order valence-electron chi connectivity index (χ1n) is 6.05. The zero-order valence-corrected chi connectivity index (χ0v) is 11.1. The molecule has 0 saturated carbocycles. The Hall–Kier alpha value is -2.69. The van der Waals surface area contributed by atoms with Crippen LogP contribution in [0, 0.1) is 0 Å². The largest absolute Gasteiger partial charge is 0.497 e. The smallest absolute Gasteiger partial charge is 0.248 e. The Morgan fingerprint density at radius 2 is 2.00 bits per heavy atom. The summed E-state index contributed by atoms with van der Waals surface area (Å²) in [5, 5.41) is 0. The molecular weight excluding hydrogens is 256 g/mol. The minimum Gasteiger partial charge on any atom is -0.497 e. The van der Waals surface area contributed by atoms with E-state index in [1.54, 1.807) is 43.5 Å². The summed E-state index contributed by atoms with van der Waals surface area (Å²) < 4.78 is 10.8. The number of carbonyl (C=O) groups is 1. The molecule has 5 heteroatoms. The monoisotopic (exact) mass is 272 g/mol. The Balaban J connectivity index is 2.12. The van der Waals surface area contributed by atoms with Crippen LogP contribution in [0.5, 0.6) is 11.5 Å². The second-order valence-corrected chi connectivity index (χ2v) is 4.26. The van der Waals surface area contributed by atoms with Gasteiger partial charge in [-0.1, -0.05) is 12.1 Å². The maximum absolute atomic E-state index is 11.1. The van der Waals surface area contributed by atoms with Gasteiger partial charge in [-0.3, -0.25) is 4.79 Å². The third-order valence-electron chi connectivity index (χ3n) is 2.83. The number of carbonyl (C=O) groups excluding carboxylic acids is 1.